The third kappa shape index (κ3) is 3.16. The molecule has 3 nitrogen and oxygen atoms in total. The molecule has 0 saturated carbocycles. The molecule has 1 aliphatic heterocycles. The van der Waals surface area contributed by atoms with Gasteiger partial charge in [0.1, 0.15) is 11.4 Å². The fourth-order valence-electron chi connectivity index (χ4n) is 3.38. The largest absolute Gasteiger partial charge is 0.487 e. The fraction of sp³-hybridized carbons (Fsp3) is 0.381. The Morgan fingerprint density at radius 2 is 1.79 bits per heavy atom. The molecule has 2 aromatic rings. The minimum absolute atomic E-state index is 0.0244. The van der Waals surface area contributed by atoms with E-state index in [4.69, 9.17) is 4.74 Å². The second kappa shape index (κ2) is 6.68. The number of para-hydroxylation sites is 1. The van der Waals surface area contributed by atoms with E-state index in [1.807, 2.05) is 55.5 Å². The van der Waals surface area contributed by atoms with Gasteiger partial charge in [0.25, 0.3) is 5.91 Å². The number of aryl methyl sites for hydroxylation is 1. The number of hydrogen-bond acceptors (Lipinski definition) is 2. The number of hydrogen-bond donors (Lipinski definition) is 1. The number of amides is 1. The molecule has 1 amide bonds. The molecule has 3 heteroatoms. The van der Waals surface area contributed by atoms with Gasteiger partial charge < -0.3 is 10.1 Å². The summed E-state index contributed by atoms with van der Waals surface area (Å²) in [5.74, 6) is 0.861. The molecule has 1 N–H and O–H groups in total. The van der Waals surface area contributed by atoms with Gasteiger partial charge in [0, 0.05) is 17.5 Å². The Morgan fingerprint density at radius 1 is 1.12 bits per heavy atom. The van der Waals surface area contributed by atoms with Crippen molar-refractivity contribution in [3.8, 4) is 5.75 Å². The summed E-state index contributed by atoms with van der Waals surface area (Å²) in [5.41, 5.74) is 2.71. The predicted octanol–water partition coefficient (Wildman–Crippen LogP) is 4.81. The topological polar surface area (TPSA) is 38.3 Å². The first-order valence-electron chi connectivity index (χ1n) is 8.72. The molecule has 0 aliphatic carbocycles. The van der Waals surface area contributed by atoms with Crippen molar-refractivity contribution in [1.29, 1.82) is 0 Å². The lowest BCUT2D eigenvalue weighted by Gasteiger charge is -2.41. The summed E-state index contributed by atoms with van der Waals surface area (Å²) in [5, 5.41) is 3.22. The lowest BCUT2D eigenvalue weighted by molar-refractivity contribution is 0.0227. The maximum absolute atomic E-state index is 12.7. The number of nitrogens with one attached hydrogen (secondary N) is 1. The van der Waals surface area contributed by atoms with Crippen molar-refractivity contribution in [1.82, 2.24) is 5.32 Å². The van der Waals surface area contributed by atoms with Crippen LogP contribution in [0.1, 0.15) is 60.6 Å². The van der Waals surface area contributed by atoms with Gasteiger partial charge in [0.05, 0.1) is 6.04 Å². The van der Waals surface area contributed by atoms with E-state index >= 15 is 0 Å². The number of ether oxygens (including phenoxy) is 1. The number of carbonyl (C=O) groups is 1. The van der Waals surface area contributed by atoms with Crippen molar-refractivity contribution in [2.24, 2.45) is 0 Å². The van der Waals surface area contributed by atoms with Gasteiger partial charge in [0.2, 0.25) is 0 Å². The van der Waals surface area contributed by atoms with Gasteiger partial charge in [0.15, 0.2) is 0 Å². The second-order valence-corrected chi connectivity index (χ2v) is 6.63. The van der Waals surface area contributed by atoms with Gasteiger partial charge in [-0.2, -0.15) is 0 Å². The van der Waals surface area contributed by atoms with Crippen LogP contribution in [0.15, 0.2) is 48.5 Å². The summed E-state index contributed by atoms with van der Waals surface area (Å²) in [6.07, 6.45) is 2.65. The number of rotatable bonds is 4. The van der Waals surface area contributed by atoms with Crippen molar-refractivity contribution in [2.75, 3.05) is 0 Å². The number of fused-ring (bicyclic) bond motifs is 1. The maximum atomic E-state index is 12.7. The molecule has 0 saturated heterocycles. The molecule has 0 spiro atoms. The van der Waals surface area contributed by atoms with E-state index < -0.39 is 0 Å². The van der Waals surface area contributed by atoms with Gasteiger partial charge >= 0.3 is 0 Å². The molecule has 0 aromatic heterocycles. The lowest BCUT2D eigenvalue weighted by Crippen LogP contribution is -2.44. The van der Waals surface area contributed by atoms with Crippen LogP contribution in [0.3, 0.4) is 0 Å². The minimum Gasteiger partial charge on any atom is -0.487 e. The van der Waals surface area contributed by atoms with E-state index in [0.717, 1.165) is 36.1 Å². The fourth-order valence-corrected chi connectivity index (χ4v) is 3.38. The monoisotopic (exact) mass is 323 g/mol. The molecule has 1 heterocycles. The summed E-state index contributed by atoms with van der Waals surface area (Å²) in [6.45, 7) is 6.32. The number of benzene rings is 2. The molecule has 0 bridgehead atoms. The first-order valence-corrected chi connectivity index (χ1v) is 8.72. The average Bonchev–Trinajstić information content (AvgIpc) is 2.62. The maximum Gasteiger partial charge on any atom is 0.251 e. The highest BCUT2D eigenvalue weighted by molar-refractivity contribution is 5.94. The van der Waals surface area contributed by atoms with E-state index in [9.17, 15) is 4.79 Å². The highest BCUT2D eigenvalue weighted by Crippen LogP contribution is 2.42. The molecule has 1 atom stereocenters. The second-order valence-electron chi connectivity index (χ2n) is 6.63. The third-order valence-electron chi connectivity index (χ3n) is 5.10. The zero-order chi connectivity index (χ0) is 17.2. The van der Waals surface area contributed by atoms with Crippen LogP contribution in [0.25, 0.3) is 0 Å². The van der Waals surface area contributed by atoms with Gasteiger partial charge in [-0.1, -0.05) is 49.7 Å². The summed E-state index contributed by atoms with van der Waals surface area (Å²) < 4.78 is 6.30. The van der Waals surface area contributed by atoms with Gasteiger partial charge in [-0.05, 0) is 38.0 Å². The van der Waals surface area contributed by atoms with Crippen LogP contribution in [-0.4, -0.2) is 11.5 Å². The Hall–Kier alpha value is -2.29. The molecule has 0 radical (unpaired) electrons. The predicted molar refractivity (Wildman–Crippen MR) is 96.4 cm³/mol. The molecular formula is C21H25NO2. The third-order valence-corrected chi connectivity index (χ3v) is 5.10. The zero-order valence-electron chi connectivity index (χ0n) is 14.6. The van der Waals surface area contributed by atoms with Crippen LogP contribution < -0.4 is 10.1 Å². The first-order chi connectivity index (χ1) is 11.6. The molecule has 2 aromatic carbocycles. The Kier molecular flexibility index (Phi) is 4.61. The van der Waals surface area contributed by atoms with E-state index in [0.29, 0.717) is 5.56 Å². The molecular weight excluding hydrogens is 298 g/mol. The van der Waals surface area contributed by atoms with Gasteiger partial charge in [-0.15, -0.1) is 0 Å². The molecule has 3 rings (SSSR count). The molecule has 126 valence electrons. The zero-order valence-corrected chi connectivity index (χ0v) is 14.6. The normalized spacial score (nSPS) is 18.4. The number of carbonyl (C=O) groups excluding carboxylic acids is 1. The highest BCUT2D eigenvalue weighted by Gasteiger charge is 2.38. The van der Waals surface area contributed by atoms with Crippen molar-refractivity contribution in [2.45, 2.75) is 51.7 Å². The van der Waals surface area contributed by atoms with Crippen LogP contribution >= 0.6 is 0 Å². The van der Waals surface area contributed by atoms with Crippen LogP contribution in [0.4, 0.5) is 0 Å². The Morgan fingerprint density at radius 3 is 2.46 bits per heavy atom. The molecule has 0 unspecified atom stereocenters. The summed E-state index contributed by atoms with van der Waals surface area (Å²) in [7, 11) is 0. The molecule has 1 aliphatic rings. The lowest BCUT2D eigenvalue weighted by atomic mass is 9.83. The smallest absolute Gasteiger partial charge is 0.251 e. The Bertz CT molecular complexity index is 717. The van der Waals surface area contributed by atoms with Gasteiger partial charge in [-0.3, -0.25) is 4.79 Å². The Balaban J connectivity index is 1.88. The first kappa shape index (κ1) is 16.6. The van der Waals surface area contributed by atoms with Crippen LogP contribution in [-0.2, 0) is 0 Å². The quantitative estimate of drug-likeness (QED) is 0.877. The van der Waals surface area contributed by atoms with Crippen molar-refractivity contribution in [3.63, 3.8) is 0 Å². The van der Waals surface area contributed by atoms with Gasteiger partial charge in [-0.25, -0.2) is 0 Å². The molecule has 24 heavy (non-hydrogen) atoms. The van der Waals surface area contributed by atoms with Crippen molar-refractivity contribution < 1.29 is 9.53 Å². The highest BCUT2D eigenvalue weighted by atomic mass is 16.5. The van der Waals surface area contributed by atoms with E-state index in [1.165, 1.54) is 0 Å². The summed E-state index contributed by atoms with van der Waals surface area (Å²) >= 11 is 0. The minimum atomic E-state index is -0.209. The SMILES string of the molecule is CCC1(CC)C[C@@H](NC(=O)c2ccc(C)cc2)c2ccccc2O1. The van der Waals surface area contributed by atoms with Crippen molar-refractivity contribution >= 4 is 5.91 Å². The van der Waals surface area contributed by atoms with E-state index in [1.54, 1.807) is 0 Å². The average molecular weight is 323 g/mol. The van der Waals surface area contributed by atoms with Crippen molar-refractivity contribution in [3.05, 3.63) is 65.2 Å². The summed E-state index contributed by atoms with van der Waals surface area (Å²) in [6, 6.07) is 15.7. The van der Waals surface area contributed by atoms with Crippen LogP contribution in [0.5, 0.6) is 5.75 Å². The summed E-state index contributed by atoms with van der Waals surface area (Å²) in [4.78, 5) is 12.7. The Labute approximate surface area is 144 Å². The standard InChI is InChI=1S/C21H25NO2/c1-4-21(5-2)14-18(17-8-6-7-9-19(17)24-21)22-20(23)16-12-10-15(3)11-13-16/h6-13,18H,4-5,14H2,1-3H3,(H,22,23)/t18-/m1/s1. The van der Waals surface area contributed by atoms with Crippen LogP contribution in [0.2, 0.25) is 0 Å². The van der Waals surface area contributed by atoms with E-state index in [-0.39, 0.29) is 17.6 Å². The molecule has 0 fully saturated rings. The van der Waals surface area contributed by atoms with E-state index in [2.05, 4.69) is 19.2 Å². The van der Waals surface area contributed by atoms with Crippen LogP contribution in [0, 0.1) is 6.92 Å².